The van der Waals surface area contributed by atoms with Gasteiger partial charge in [-0.25, -0.2) is 0 Å². The Morgan fingerprint density at radius 3 is 1.76 bits per heavy atom. The van der Waals surface area contributed by atoms with Gasteiger partial charge in [-0.1, -0.05) is 23.7 Å². The zero-order chi connectivity index (χ0) is 17.5. The molecule has 0 radical (unpaired) electrons. The third-order valence-electron chi connectivity index (χ3n) is 3.40. The lowest BCUT2D eigenvalue weighted by Crippen LogP contribution is -1.97. The van der Waals surface area contributed by atoms with E-state index in [2.05, 4.69) is 33.6 Å². The van der Waals surface area contributed by atoms with Crippen molar-refractivity contribution in [3.63, 3.8) is 0 Å². The summed E-state index contributed by atoms with van der Waals surface area (Å²) in [6.07, 6.45) is 6.81. The summed E-state index contributed by atoms with van der Waals surface area (Å²) in [4.78, 5) is 8.09. The molecule has 0 saturated carbocycles. The van der Waals surface area contributed by atoms with Crippen LogP contribution in [-0.4, -0.2) is 17.1 Å². The smallest absolute Gasteiger partial charge is 0.121 e. The highest BCUT2D eigenvalue weighted by molar-refractivity contribution is 5.69. The fourth-order valence-electron chi connectivity index (χ4n) is 2.10. The molecule has 25 heavy (non-hydrogen) atoms. The second-order valence-electron chi connectivity index (χ2n) is 5.12. The van der Waals surface area contributed by atoms with E-state index >= 15 is 0 Å². The van der Waals surface area contributed by atoms with Gasteiger partial charge in [0.05, 0.1) is 23.9 Å². The minimum atomic E-state index is 0.522. The maximum Gasteiger partial charge on any atom is 0.121 e. The van der Waals surface area contributed by atoms with Gasteiger partial charge in [-0.15, -0.1) is 0 Å². The van der Waals surface area contributed by atoms with E-state index in [1.54, 1.807) is 44.0 Å². The van der Waals surface area contributed by atoms with Crippen molar-refractivity contribution in [1.29, 1.82) is 0 Å². The first-order chi connectivity index (χ1) is 12.3. The molecule has 0 amide bonds. The van der Waals surface area contributed by atoms with Gasteiger partial charge in [-0.3, -0.25) is 9.97 Å². The van der Waals surface area contributed by atoms with E-state index < -0.39 is 0 Å². The van der Waals surface area contributed by atoms with Gasteiger partial charge in [-0.2, -0.15) is 0 Å². The highest BCUT2D eigenvalue weighted by Gasteiger charge is 2.05. The van der Waals surface area contributed by atoms with E-state index in [4.69, 9.17) is 10.5 Å². The van der Waals surface area contributed by atoms with Crippen LogP contribution in [0.4, 0.5) is 5.69 Å². The topological polar surface area (TPSA) is 61.0 Å². The Kier molecular flexibility index (Phi) is 4.95. The van der Waals surface area contributed by atoms with E-state index in [1.165, 1.54) is 0 Å². The first-order valence-electron chi connectivity index (χ1n) is 7.58. The Balaban J connectivity index is 2.01. The van der Waals surface area contributed by atoms with Crippen LogP contribution < -0.4 is 10.5 Å². The van der Waals surface area contributed by atoms with Crippen LogP contribution in [0.25, 0.3) is 0 Å². The number of anilines is 1. The Morgan fingerprint density at radius 2 is 1.36 bits per heavy atom. The van der Waals surface area contributed by atoms with E-state index in [0.29, 0.717) is 22.6 Å². The van der Waals surface area contributed by atoms with Crippen molar-refractivity contribution in [2.45, 2.75) is 0 Å². The molecule has 1 aromatic carbocycles. The lowest BCUT2D eigenvalue weighted by atomic mass is 10.1. The Morgan fingerprint density at radius 1 is 0.840 bits per heavy atom. The number of hydrogen-bond acceptors (Lipinski definition) is 4. The molecule has 2 aromatic heterocycles. The largest absolute Gasteiger partial charge is 0.497 e. The molecule has 0 unspecified atom stereocenters. The van der Waals surface area contributed by atoms with Crippen molar-refractivity contribution in [2.24, 2.45) is 0 Å². The third kappa shape index (κ3) is 4.16. The van der Waals surface area contributed by atoms with Crippen LogP contribution in [0.15, 0.2) is 61.2 Å². The van der Waals surface area contributed by atoms with Crippen molar-refractivity contribution in [1.82, 2.24) is 9.97 Å². The van der Waals surface area contributed by atoms with Crippen LogP contribution in [0.1, 0.15) is 22.3 Å². The highest BCUT2D eigenvalue weighted by Crippen LogP contribution is 2.24. The first kappa shape index (κ1) is 16.1. The SMILES string of the molecule is COc1cc(C#Cc2cccnc2)c(N)c(C#Cc2cccnc2)c1. The van der Waals surface area contributed by atoms with Crippen molar-refractivity contribution in [2.75, 3.05) is 12.8 Å². The Bertz CT molecular complexity index is 913. The molecule has 2 heterocycles. The van der Waals surface area contributed by atoms with Crippen LogP contribution in [0, 0.1) is 23.7 Å². The number of aromatic nitrogens is 2. The van der Waals surface area contributed by atoms with Crippen LogP contribution in [0.5, 0.6) is 5.75 Å². The minimum Gasteiger partial charge on any atom is -0.497 e. The number of hydrogen-bond donors (Lipinski definition) is 1. The van der Waals surface area contributed by atoms with Crippen LogP contribution in [0.3, 0.4) is 0 Å². The quantitative estimate of drug-likeness (QED) is 0.552. The maximum atomic E-state index is 6.24. The summed E-state index contributed by atoms with van der Waals surface area (Å²) in [5.41, 5.74) is 9.72. The van der Waals surface area contributed by atoms with Crippen LogP contribution >= 0.6 is 0 Å². The lowest BCUT2D eigenvalue weighted by Gasteiger charge is -2.06. The molecule has 0 spiro atoms. The molecule has 120 valence electrons. The monoisotopic (exact) mass is 325 g/mol. The third-order valence-corrected chi connectivity index (χ3v) is 3.40. The van der Waals surface area contributed by atoms with Crippen molar-refractivity contribution < 1.29 is 4.74 Å². The van der Waals surface area contributed by atoms with Crippen molar-refractivity contribution >= 4 is 5.69 Å². The standard InChI is InChI=1S/C21H15N3O/c1-25-20-12-18(8-6-16-4-2-10-23-14-16)21(22)19(13-20)9-7-17-5-3-11-24-15-17/h2-5,10-15H,22H2,1H3. The summed E-state index contributed by atoms with van der Waals surface area (Å²) >= 11 is 0. The second kappa shape index (κ2) is 7.68. The average molecular weight is 325 g/mol. The molecule has 0 bridgehead atoms. The molecule has 3 rings (SSSR count). The molecular formula is C21H15N3O. The van der Waals surface area contributed by atoms with Crippen molar-refractivity contribution in [3.05, 3.63) is 83.4 Å². The Hall–Kier alpha value is -3.76. The predicted molar refractivity (Wildman–Crippen MR) is 97.8 cm³/mol. The van der Waals surface area contributed by atoms with Crippen LogP contribution in [0.2, 0.25) is 0 Å². The highest BCUT2D eigenvalue weighted by atomic mass is 16.5. The van der Waals surface area contributed by atoms with Gasteiger partial charge >= 0.3 is 0 Å². The number of pyridine rings is 2. The number of benzene rings is 1. The maximum absolute atomic E-state index is 6.24. The van der Waals surface area contributed by atoms with Gasteiger partial charge in [0.2, 0.25) is 0 Å². The molecule has 4 nitrogen and oxygen atoms in total. The molecule has 0 aliphatic heterocycles. The minimum absolute atomic E-state index is 0.522. The van der Waals surface area contributed by atoms with E-state index in [1.807, 2.05) is 24.3 Å². The summed E-state index contributed by atoms with van der Waals surface area (Å²) in [7, 11) is 1.60. The lowest BCUT2D eigenvalue weighted by molar-refractivity contribution is 0.414. The fraction of sp³-hybridized carbons (Fsp3) is 0.0476. The summed E-state index contributed by atoms with van der Waals surface area (Å²) in [6, 6.07) is 11.0. The number of ether oxygens (including phenoxy) is 1. The zero-order valence-corrected chi connectivity index (χ0v) is 13.7. The Labute approximate surface area is 146 Å². The van der Waals surface area contributed by atoms with Gasteiger partial charge in [0.1, 0.15) is 5.75 Å². The van der Waals surface area contributed by atoms with E-state index in [0.717, 1.165) is 11.1 Å². The number of nitrogens with zero attached hydrogens (tertiary/aromatic N) is 2. The number of nitrogen functional groups attached to an aromatic ring is 1. The normalized spacial score (nSPS) is 9.32. The zero-order valence-electron chi connectivity index (χ0n) is 13.7. The summed E-state index contributed by atoms with van der Waals surface area (Å²) in [6.45, 7) is 0. The average Bonchev–Trinajstić information content (AvgIpc) is 2.68. The molecule has 0 atom stereocenters. The van der Waals surface area contributed by atoms with E-state index in [-0.39, 0.29) is 0 Å². The summed E-state index contributed by atoms with van der Waals surface area (Å²) in [5, 5.41) is 0. The molecule has 2 N–H and O–H groups in total. The molecule has 0 aliphatic rings. The van der Waals surface area contributed by atoms with Crippen LogP contribution in [-0.2, 0) is 0 Å². The molecular weight excluding hydrogens is 310 g/mol. The van der Waals surface area contributed by atoms with Gasteiger partial charge < -0.3 is 10.5 Å². The number of nitrogens with two attached hydrogens (primary N) is 1. The van der Waals surface area contributed by atoms with Crippen molar-refractivity contribution in [3.8, 4) is 29.4 Å². The van der Waals surface area contributed by atoms with Gasteiger partial charge in [0, 0.05) is 35.9 Å². The fourth-order valence-corrected chi connectivity index (χ4v) is 2.10. The first-order valence-corrected chi connectivity index (χ1v) is 7.58. The predicted octanol–water partition coefficient (Wildman–Crippen LogP) is 2.87. The molecule has 0 aliphatic carbocycles. The molecule has 0 fully saturated rings. The molecule has 0 saturated heterocycles. The molecule has 3 aromatic rings. The second-order valence-corrected chi connectivity index (χ2v) is 5.12. The van der Waals surface area contributed by atoms with E-state index in [9.17, 15) is 0 Å². The van der Waals surface area contributed by atoms with Gasteiger partial charge in [-0.05, 0) is 36.4 Å². The number of methoxy groups -OCH3 is 1. The summed E-state index contributed by atoms with van der Waals surface area (Å²) in [5.74, 6) is 12.9. The summed E-state index contributed by atoms with van der Waals surface area (Å²) < 4.78 is 5.34. The van der Waals surface area contributed by atoms with Gasteiger partial charge in [0.15, 0.2) is 0 Å². The number of rotatable bonds is 1. The molecule has 4 heteroatoms. The van der Waals surface area contributed by atoms with Gasteiger partial charge in [0.25, 0.3) is 0 Å².